The van der Waals surface area contributed by atoms with Crippen LogP contribution in [0.1, 0.15) is 19.3 Å². The van der Waals surface area contributed by atoms with Crippen LogP contribution in [0.3, 0.4) is 0 Å². The number of likely N-dealkylation sites (tertiary alicyclic amines) is 1. The van der Waals surface area contributed by atoms with Crippen molar-refractivity contribution < 1.29 is 4.79 Å². The van der Waals surface area contributed by atoms with E-state index in [1.807, 2.05) is 11.2 Å². The Kier molecular flexibility index (Phi) is 5.71. The fraction of sp³-hybridized carbons (Fsp3) is 0.900. The molecule has 0 bridgehead atoms. The third-order valence-electron chi connectivity index (χ3n) is 2.61. The summed E-state index contributed by atoms with van der Waals surface area (Å²) in [5.41, 5.74) is 0. The van der Waals surface area contributed by atoms with Crippen molar-refractivity contribution in [3.63, 3.8) is 0 Å². The van der Waals surface area contributed by atoms with Crippen LogP contribution >= 0.6 is 23.4 Å². The molecule has 4 heteroatoms. The van der Waals surface area contributed by atoms with Crippen LogP contribution in [-0.4, -0.2) is 41.8 Å². The van der Waals surface area contributed by atoms with Crippen molar-refractivity contribution in [2.24, 2.45) is 5.92 Å². The predicted octanol–water partition coefficient (Wildman–Crippen LogP) is 2.22. The Morgan fingerprint density at radius 2 is 2.43 bits per heavy atom. The molecule has 1 amide bonds. The molecule has 0 aromatic heterocycles. The van der Waals surface area contributed by atoms with E-state index < -0.39 is 0 Å². The number of piperidine rings is 1. The molecule has 1 aliphatic rings. The zero-order valence-electron chi connectivity index (χ0n) is 8.67. The minimum atomic E-state index is 0.300. The van der Waals surface area contributed by atoms with Crippen molar-refractivity contribution in [3.8, 4) is 0 Å². The monoisotopic (exact) mass is 235 g/mol. The van der Waals surface area contributed by atoms with Gasteiger partial charge in [0, 0.05) is 31.1 Å². The van der Waals surface area contributed by atoms with Gasteiger partial charge in [-0.25, -0.2) is 0 Å². The molecule has 1 fully saturated rings. The summed E-state index contributed by atoms with van der Waals surface area (Å²) in [4.78, 5) is 13.7. The lowest BCUT2D eigenvalue weighted by Gasteiger charge is -2.31. The number of nitrogens with zero attached hydrogens (tertiary/aromatic N) is 1. The van der Waals surface area contributed by atoms with Gasteiger partial charge in [0.1, 0.15) is 0 Å². The van der Waals surface area contributed by atoms with Gasteiger partial charge in [0.25, 0.3) is 0 Å². The Labute approximate surface area is 95.4 Å². The third-order valence-corrected chi connectivity index (χ3v) is 3.66. The summed E-state index contributed by atoms with van der Waals surface area (Å²) in [5.74, 6) is 2.44. The summed E-state index contributed by atoms with van der Waals surface area (Å²) >= 11 is 7.54. The highest BCUT2D eigenvalue weighted by atomic mass is 35.5. The van der Waals surface area contributed by atoms with Gasteiger partial charge in [-0.05, 0) is 25.0 Å². The molecule has 1 atom stereocenters. The average Bonchev–Trinajstić information content (AvgIpc) is 2.26. The van der Waals surface area contributed by atoms with Crippen LogP contribution in [0.25, 0.3) is 0 Å². The number of halogens is 1. The van der Waals surface area contributed by atoms with Crippen molar-refractivity contribution in [1.29, 1.82) is 0 Å². The van der Waals surface area contributed by atoms with Crippen LogP contribution in [0.2, 0.25) is 0 Å². The first-order valence-corrected chi connectivity index (χ1v) is 7.03. The van der Waals surface area contributed by atoms with E-state index in [0.717, 1.165) is 25.3 Å². The van der Waals surface area contributed by atoms with Gasteiger partial charge in [-0.15, -0.1) is 11.6 Å². The average molecular weight is 236 g/mol. The first-order valence-electron chi connectivity index (χ1n) is 5.10. The van der Waals surface area contributed by atoms with Crippen LogP contribution in [-0.2, 0) is 4.79 Å². The molecule has 1 heterocycles. The summed E-state index contributed by atoms with van der Waals surface area (Å²) < 4.78 is 0. The molecular weight excluding hydrogens is 218 g/mol. The molecule has 0 saturated carbocycles. The van der Waals surface area contributed by atoms with Gasteiger partial charge in [0.05, 0.1) is 0 Å². The fourth-order valence-corrected chi connectivity index (χ4v) is 2.40. The predicted molar refractivity (Wildman–Crippen MR) is 63.0 cm³/mol. The van der Waals surface area contributed by atoms with Crippen molar-refractivity contribution >= 4 is 29.3 Å². The standard InChI is InChI=1S/C10H18ClNOS/c1-14-6-4-10(13)12-5-2-3-9(7-11)8-12/h9H,2-8H2,1H3. The molecule has 0 aromatic rings. The quantitative estimate of drug-likeness (QED) is 0.697. The number of amides is 1. The topological polar surface area (TPSA) is 20.3 Å². The van der Waals surface area contributed by atoms with Gasteiger partial charge in [-0.1, -0.05) is 0 Å². The Bertz CT molecular complexity index is 189. The van der Waals surface area contributed by atoms with E-state index in [0.29, 0.717) is 24.1 Å². The summed E-state index contributed by atoms with van der Waals surface area (Å²) in [5, 5.41) is 0. The smallest absolute Gasteiger partial charge is 0.223 e. The largest absolute Gasteiger partial charge is 0.342 e. The molecule has 0 aromatic carbocycles. The molecule has 14 heavy (non-hydrogen) atoms. The number of thioether (sulfide) groups is 1. The van der Waals surface area contributed by atoms with Gasteiger partial charge < -0.3 is 4.90 Å². The molecule has 2 nitrogen and oxygen atoms in total. The van der Waals surface area contributed by atoms with Crippen LogP contribution < -0.4 is 0 Å². The summed E-state index contributed by atoms with van der Waals surface area (Å²) in [6.07, 6.45) is 5.00. The van der Waals surface area contributed by atoms with E-state index in [-0.39, 0.29) is 0 Å². The highest BCUT2D eigenvalue weighted by Gasteiger charge is 2.22. The van der Waals surface area contributed by atoms with Gasteiger partial charge in [-0.2, -0.15) is 11.8 Å². The second kappa shape index (κ2) is 6.57. The van der Waals surface area contributed by atoms with Crippen molar-refractivity contribution in [3.05, 3.63) is 0 Å². The maximum absolute atomic E-state index is 11.7. The lowest BCUT2D eigenvalue weighted by atomic mass is 10.00. The summed E-state index contributed by atoms with van der Waals surface area (Å²) in [7, 11) is 0. The molecule has 1 saturated heterocycles. The Morgan fingerprint density at radius 3 is 3.07 bits per heavy atom. The molecule has 82 valence electrons. The van der Waals surface area contributed by atoms with E-state index in [1.165, 1.54) is 6.42 Å². The fourth-order valence-electron chi connectivity index (χ4n) is 1.77. The lowest BCUT2D eigenvalue weighted by Crippen LogP contribution is -2.40. The first-order chi connectivity index (χ1) is 6.77. The van der Waals surface area contributed by atoms with E-state index in [1.54, 1.807) is 11.8 Å². The minimum Gasteiger partial charge on any atom is -0.342 e. The molecule has 0 radical (unpaired) electrons. The lowest BCUT2D eigenvalue weighted by molar-refractivity contribution is -0.132. The zero-order chi connectivity index (χ0) is 10.4. The second-order valence-electron chi connectivity index (χ2n) is 3.75. The zero-order valence-corrected chi connectivity index (χ0v) is 10.2. The number of rotatable bonds is 4. The van der Waals surface area contributed by atoms with Crippen LogP contribution in [0.5, 0.6) is 0 Å². The number of hydrogen-bond acceptors (Lipinski definition) is 2. The highest BCUT2D eigenvalue weighted by Crippen LogP contribution is 2.18. The van der Waals surface area contributed by atoms with E-state index in [2.05, 4.69) is 0 Å². The second-order valence-corrected chi connectivity index (χ2v) is 5.04. The maximum atomic E-state index is 11.7. The Hall–Kier alpha value is 0.110. The molecule has 0 aliphatic carbocycles. The normalized spacial score (nSPS) is 22.4. The molecule has 1 rings (SSSR count). The van der Waals surface area contributed by atoms with Crippen LogP contribution in [0.15, 0.2) is 0 Å². The van der Waals surface area contributed by atoms with Gasteiger partial charge in [0.2, 0.25) is 5.91 Å². The van der Waals surface area contributed by atoms with Crippen molar-refractivity contribution in [2.75, 3.05) is 31.0 Å². The van der Waals surface area contributed by atoms with Gasteiger partial charge in [0.15, 0.2) is 0 Å². The Balaban J connectivity index is 2.31. The minimum absolute atomic E-state index is 0.300. The third kappa shape index (κ3) is 3.70. The van der Waals surface area contributed by atoms with E-state index in [9.17, 15) is 4.79 Å². The number of carbonyl (C=O) groups excluding carboxylic acids is 1. The van der Waals surface area contributed by atoms with E-state index >= 15 is 0 Å². The molecule has 1 unspecified atom stereocenters. The van der Waals surface area contributed by atoms with E-state index in [4.69, 9.17) is 11.6 Å². The summed E-state index contributed by atoms with van der Waals surface area (Å²) in [6, 6.07) is 0. The van der Waals surface area contributed by atoms with Crippen molar-refractivity contribution in [1.82, 2.24) is 4.90 Å². The highest BCUT2D eigenvalue weighted by molar-refractivity contribution is 7.98. The summed E-state index contributed by atoms with van der Waals surface area (Å²) in [6.45, 7) is 1.80. The maximum Gasteiger partial charge on any atom is 0.223 e. The molecular formula is C10H18ClNOS. The number of carbonyl (C=O) groups is 1. The molecule has 1 aliphatic heterocycles. The van der Waals surface area contributed by atoms with Crippen LogP contribution in [0.4, 0.5) is 0 Å². The molecule has 0 N–H and O–H groups in total. The molecule has 0 spiro atoms. The first kappa shape index (κ1) is 12.2. The van der Waals surface area contributed by atoms with Gasteiger partial charge >= 0.3 is 0 Å². The number of alkyl halides is 1. The van der Waals surface area contributed by atoms with Crippen molar-refractivity contribution in [2.45, 2.75) is 19.3 Å². The van der Waals surface area contributed by atoms with Crippen LogP contribution in [0, 0.1) is 5.92 Å². The Morgan fingerprint density at radius 1 is 1.64 bits per heavy atom. The number of hydrogen-bond donors (Lipinski definition) is 0. The van der Waals surface area contributed by atoms with Gasteiger partial charge in [-0.3, -0.25) is 4.79 Å². The SMILES string of the molecule is CSCCC(=O)N1CCCC(CCl)C1.